The monoisotopic (exact) mass is 491 g/mol. The van der Waals surface area contributed by atoms with Crippen molar-refractivity contribution in [2.75, 3.05) is 13.2 Å². The lowest BCUT2D eigenvalue weighted by molar-refractivity contribution is -0.140. The van der Waals surface area contributed by atoms with Crippen LogP contribution in [0, 0.1) is 0 Å². The Labute approximate surface area is 207 Å². The highest BCUT2D eigenvalue weighted by atomic mass is 16.5. The average Bonchev–Trinajstić information content (AvgIpc) is 3.47. The number of aromatic carboxylic acids is 1. The van der Waals surface area contributed by atoms with Crippen LogP contribution < -0.4 is 9.47 Å². The van der Waals surface area contributed by atoms with Crippen LogP contribution in [0.5, 0.6) is 11.5 Å². The van der Waals surface area contributed by atoms with Crippen LogP contribution in [0.15, 0.2) is 70.9 Å². The summed E-state index contributed by atoms with van der Waals surface area (Å²) in [4.78, 5) is 38.8. The SMILES string of the molecule is CCOc1ccc(/C(O)=C2/C(=O)C(=O)N(Cc3ccc(C(=O)O)cc3)C2c2ccco2)c(OCC)c1. The van der Waals surface area contributed by atoms with E-state index in [2.05, 4.69) is 0 Å². The molecule has 2 N–H and O–H groups in total. The highest BCUT2D eigenvalue weighted by Crippen LogP contribution is 2.42. The predicted octanol–water partition coefficient (Wildman–Crippen LogP) is 4.40. The number of hydrogen-bond donors (Lipinski definition) is 2. The first-order valence-corrected chi connectivity index (χ1v) is 11.4. The van der Waals surface area contributed by atoms with E-state index in [0.717, 1.165) is 0 Å². The number of rotatable bonds is 9. The van der Waals surface area contributed by atoms with Crippen LogP contribution in [0.3, 0.4) is 0 Å². The number of nitrogens with zero attached hydrogens (tertiary/aromatic N) is 1. The predicted molar refractivity (Wildman–Crippen MR) is 129 cm³/mol. The molecule has 1 fully saturated rings. The van der Waals surface area contributed by atoms with E-state index in [1.807, 2.05) is 6.92 Å². The van der Waals surface area contributed by atoms with E-state index >= 15 is 0 Å². The van der Waals surface area contributed by atoms with Crippen molar-refractivity contribution in [2.24, 2.45) is 0 Å². The molecule has 9 heteroatoms. The highest BCUT2D eigenvalue weighted by molar-refractivity contribution is 6.46. The second kappa shape index (κ2) is 10.4. The highest BCUT2D eigenvalue weighted by Gasteiger charge is 2.47. The standard InChI is InChI=1S/C27H25NO8/c1-3-34-18-11-12-19(21(14-18)35-4-2)24(29)22-23(20-6-5-13-36-20)28(26(31)25(22)30)15-16-7-9-17(10-8-16)27(32)33/h5-14,23,29H,3-4,15H2,1-2H3,(H,32,33)/b24-22-. The van der Waals surface area contributed by atoms with Crippen LogP contribution in [0.1, 0.15) is 47.1 Å². The summed E-state index contributed by atoms with van der Waals surface area (Å²) in [5.41, 5.74) is 0.805. The molecule has 0 bridgehead atoms. The minimum Gasteiger partial charge on any atom is -0.507 e. The Bertz CT molecular complexity index is 1310. The maximum Gasteiger partial charge on any atom is 0.335 e. The van der Waals surface area contributed by atoms with Crippen molar-refractivity contribution in [1.82, 2.24) is 4.90 Å². The molecule has 9 nitrogen and oxygen atoms in total. The molecule has 1 aliphatic heterocycles. The molecule has 0 spiro atoms. The number of hydrogen-bond acceptors (Lipinski definition) is 7. The molecule has 186 valence electrons. The number of aliphatic hydroxyl groups is 1. The number of carboxylic acids is 1. The van der Waals surface area contributed by atoms with Gasteiger partial charge in [0, 0.05) is 12.6 Å². The lowest BCUT2D eigenvalue weighted by Gasteiger charge is -2.23. The van der Waals surface area contributed by atoms with Crippen LogP contribution in [-0.2, 0) is 16.1 Å². The van der Waals surface area contributed by atoms with Gasteiger partial charge in [-0.15, -0.1) is 0 Å². The summed E-state index contributed by atoms with van der Waals surface area (Å²) in [6.07, 6.45) is 1.42. The number of ether oxygens (including phenoxy) is 2. The maximum atomic E-state index is 13.2. The quantitative estimate of drug-likeness (QED) is 0.256. The molecule has 1 atom stereocenters. The first-order chi connectivity index (χ1) is 17.3. The largest absolute Gasteiger partial charge is 0.507 e. The molecule has 2 aromatic carbocycles. The zero-order chi connectivity index (χ0) is 25.8. The Morgan fingerprint density at radius 2 is 1.72 bits per heavy atom. The Balaban J connectivity index is 1.80. The minimum atomic E-state index is -1.07. The number of Topliss-reactive ketones (excluding diaryl/α,β-unsaturated/α-hetero) is 1. The molecule has 0 saturated carbocycles. The minimum absolute atomic E-state index is 0.00574. The fraction of sp³-hybridized carbons (Fsp3) is 0.222. The number of carbonyl (C=O) groups excluding carboxylic acids is 2. The molecule has 3 aromatic rings. The van der Waals surface area contributed by atoms with Gasteiger partial charge in [0.2, 0.25) is 0 Å². The Hall–Kier alpha value is -4.53. The second-order valence-electron chi connectivity index (χ2n) is 7.97. The first-order valence-electron chi connectivity index (χ1n) is 11.4. The third-order valence-corrected chi connectivity index (χ3v) is 5.73. The van der Waals surface area contributed by atoms with Crippen LogP contribution in [0.25, 0.3) is 5.76 Å². The van der Waals surface area contributed by atoms with Gasteiger partial charge in [-0.3, -0.25) is 9.59 Å². The van der Waals surface area contributed by atoms with E-state index in [9.17, 15) is 19.5 Å². The molecular weight excluding hydrogens is 466 g/mol. The van der Waals surface area contributed by atoms with Crippen molar-refractivity contribution in [2.45, 2.75) is 26.4 Å². The third-order valence-electron chi connectivity index (χ3n) is 5.73. The average molecular weight is 491 g/mol. The summed E-state index contributed by atoms with van der Waals surface area (Å²) in [6.45, 7) is 4.36. The first kappa shape index (κ1) is 24.6. The van der Waals surface area contributed by atoms with Gasteiger partial charge in [-0.1, -0.05) is 12.1 Å². The van der Waals surface area contributed by atoms with E-state index in [1.54, 1.807) is 49.4 Å². The smallest absolute Gasteiger partial charge is 0.335 e. The molecule has 0 aliphatic carbocycles. The lowest BCUT2D eigenvalue weighted by Crippen LogP contribution is -2.29. The van der Waals surface area contributed by atoms with E-state index < -0.39 is 29.5 Å². The summed E-state index contributed by atoms with van der Waals surface area (Å²) in [5.74, 6) is -2.03. The lowest BCUT2D eigenvalue weighted by atomic mass is 9.98. The summed E-state index contributed by atoms with van der Waals surface area (Å²) in [6, 6.07) is 13.1. The molecule has 1 aromatic heterocycles. The molecule has 1 aliphatic rings. The zero-order valence-corrected chi connectivity index (χ0v) is 19.8. The van der Waals surface area contributed by atoms with Gasteiger partial charge in [0.1, 0.15) is 29.1 Å². The van der Waals surface area contributed by atoms with Crippen molar-refractivity contribution in [1.29, 1.82) is 0 Å². The molecule has 1 unspecified atom stereocenters. The van der Waals surface area contributed by atoms with Gasteiger partial charge in [0.05, 0.1) is 36.2 Å². The van der Waals surface area contributed by atoms with Crippen molar-refractivity contribution in [3.05, 3.63) is 88.9 Å². The van der Waals surface area contributed by atoms with Crippen LogP contribution >= 0.6 is 0 Å². The summed E-state index contributed by atoms with van der Waals surface area (Å²) >= 11 is 0. The van der Waals surface area contributed by atoms with Crippen molar-refractivity contribution in [3.8, 4) is 11.5 Å². The second-order valence-corrected chi connectivity index (χ2v) is 7.97. The van der Waals surface area contributed by atoms with Gasteiger partial charge in [-0.25, -0.2) is 4.79 Å². The van der Waals surface area contributed by atoms with Gasteiger partial charge >= 0.3 is 5.97 Å². The number of benzene rings is 2. The molecule has 1 amide bonds. The van der Waals surface area contributed by atoms with E-state index in [0.29, 0.717) is 36.0 Å². The summed E-state index contributed by atoms with van der Waals surface area (Å²) in [7, 11) is 0. The molecule has 36 heavy (non-hydrogen) atoms. The number of ketones is 1. The molecule has 2 heterocycles. The Morgan fingerprint density at radius 3 is 2.33 bits per heavy atom. The number of furan rings is 1. The molecule has 4 rings (SSSR count). The van der Waals surface area contributed by atoms with Crippen LogP contribution in [0.2, 0.25) is 0 Å². The van der Waals surface area contributed by atoms with Gasteiger partial charge < -0.3 is 29.0 Å². The summed E-state index contributed by atoms with van der Waals surface area (Å²) in [5, 5.41) is 20.5. The molecule has 1 saturated heterocycles. The van der Waals surface area contributed by atoms with Crippen LogP contribution in [0.4, 0.5) is 0 Å². The topological polar surface area (TPSA) is 127 Å². The Morgan fingerprint density at radius 1 is 1.00 bits per heavy atom. The Kier molecular flexibility index (Phi) is 7.10. The van der Waals surface area contributed by atoms with E-state index in [-0.39, 0.29) is 23.2 Å². The normalized spacial score (nSPS) is 16.8. The number of carbonyl (C=O) groups is 3. The fourth-order valence-electron chi connectivity index (χ4n) is 4.11. The fourth-order valence-corrected chi connectivity index (χ4v) is 4.11. The maximum absolute atomic E-state index is 13.2. The number of carboxylic acid groups (broad SMARTS) is 1. The molecule has 0 radical (unpaired) electrons. The van der Waals surface area contributed by atoms with Gasteiger partial charge in [0.15, 0.2) is 0 Å². The zero-order valence-electron chi connectivity index (χ0n) is 19.8. The van der Waals surface area contributed by atoms with Crippen molar-refractivity contribution in [3.63, 3.8) is 0 Å². The number of likely N-dealkylation sites (tertiary alicyclic amines) is 1. The van der Waals surface area contributed by atoms with Gasteiger partial charge in [0.25, 0.3) is 11.7 Å². The summed E-state index contributed by atoms with van der Waals surface area (Å²) < 4.78 is 16.8. The van der Waals surface area contributed by atoms with Gasteiger partial charge in [-0.2, -0.15) is 0 Å². The van der Waals surface area contributed by atoms with Crippen molar-refractivity contribution >= 4 is 23.4 Å². The third kappa shape index (κ3) is 4.68. The number of aliphatic hydroxyl groups excluding tert-OH is 1. The van der Waals surface area contributed by atoms with Gasteiger partial charge in [-0.05, 0) is 55.8 Å². The number of amides is 1. The van der Waals surface area contributed by atoms with Crippen LogP contribution in [-0.4, -0.2) is 46.0 Å². The van der Waals surface area contributed by atoms with E-state index in [1.165, 1.54) is 23.3 Å². The molecular formula is C27H25NO8. The van der Waals surface area contributed by atoms with E-state index in [4.69, 9.17) is 19.0 Å². The van der Waals surface area contributed by atoms with Crippen molar-refractivity contribution < 1.29 is 38.5 Å².